The van der Waals surface area contributed by atoms with Crippen molar-refractivity contribution in [1.29, 1.82) is 0 Å². The van der Waals surface area contributed by atoms with Gasteiger partial charge in [0.2, 0.25) is 17.7 Å². The zero-order chi connectivity index (χ0) is 14.8. The lowest BCUT2D eigenvalue weighted by Crippen LogP contribution is -2.48. The summed E-state index contributed by atoms with van der Waals surface area (Å²) in [6.45, 7) is 2.82. The average Bonchev–Trinajstić information content (AvgIpc) is 2.68. The maximum Gasteiger partial charge on any atom is 0.233 e. The van der Waals surface area contributed by atoms with Crippen LogP contribution in [0.5, 0.6) is 0 Å². The zero-order valence-electron chi connectivity index (χ0n) is 12.3. The van der Waals surface area contributed by atoms with Crippen LogP contribution in [0.25, 0.3) is 0 Å². The Labute approximate surface area is 124 Å². The van der Waals surface area contributed by atoms with Gasteiger partial charge in [-0.2, -0.15) is 0 Å². The summed E-state index contributed by atoms with van der Waals surface area (Å²) in [5.74, 6) is 0.108. The van der Waals surface area contributed by atoms with Gasteiger partial charge in [0, 0.05) is 38.5 Å². The van der Waals surface area contributed by atoms with Gasteiger partial charge in [0.25, 0.3) is 0 Å². The molecule has 3 fully saturated rings. The SMILES string of the molecule is O=C(CCN1C(=O)C2CCCCC2C1=O)NCC1CNC1. The molecule has 0 bridgehead atoms. The first-order valence-electron chi connectivity index (χ1n) is 7.99. The molecule has 2 N–H and O–H groups in total. The Balaban J connectivity index is 1.46. The monoisotopic (exact) mass is 293 g/mol. The van der Waals surface area contributed by atoms with Gasteiger partial charge in [-0.3, -0.25) is 19.3 Å². The summed E-state index contributed by atoms with van der Waals surface area (Å²) in [6.07, 6.45) is 3.93. The smallest absolute Gasteiger partial charge is 0.233 e. The van der Waals surface area contributed by atoms with Crippen LogP contribution < -0.4 is 10.6 Å². The minimum absolute atomic E-state index is 0.0549. The molecule has 2 atom stereocenters. The van der Waals surface area contributed by atoms with E-state index in [9.17, 15) is 14.4 Å². The topological polar surface area (TPSA) is 78.5 Å². The molecule has 2 aliphatic heterocycles. The van der Waals surface area contributed by atoms with Crippen LogP contribution in [0.15, 0.2) is 0 Å². The number of hydrogen-bond donors (Lipinski definition) is 2. The number of carbonyl (C=O) groups is 3. The number of likely N-dealkylation sites (tertiary alicyclic amines) is 1. The maximum absolute atomic E-state index is 12.2. The minimum atomic E-state index is -0.115. The minimum Gasteiger partial charge on any atom is -0.356 e. The third-order valence-electron chi connectivity index (χ3n) is 4.95. The van der Waals surface area contributed by atoms with Gasteiger partial charge in [-0.1, -0.05) is 12.8 Å². The van der Waals surface area contributed by atoms with Crippen molar-refractivity contribution in [2.24, 2.45) is 17.8 Å². The highest BCUT2D eigenvalue weighted by Crippen LogP contribution is 2.37. The van der Waals surface area contributed by atoms with Gasteiger partial charge in [0.05, 0.1) is 11.8 Å². The number of imide groups is 1. The van der Waals surface area contributed by atoms with E-state index in [2.05, 4.69) is 10.6 Å². The van der Waals surface area contributed by atoms with Crippen LogP contribution in [-0.2, 0) is 14.4 Å². The largest absolute Gasteiger partial charge is 0.356 e. The van der Waals surface area contributed by atoms with E-state index in [1.807, 2.05) is 0 Å². The fourth-order valence-corrected chi connectivity index (χ4v) is 3.50. The average molecular weight is 293 g/mol. The van der Waals surface area contributed by atoms with Crippen LogP contribution in [0.1, 0.15) is 32.1 Å². The molecule has 21 heavy (non-hydrogen) atoms. The Morgan fingerprint density at radius 2 is 1.76 bits per heavy atom. The van der Waals surface area contributed by atoms with Crippen LogP contribution in [0.3, 0.4) is 0 Å². The van der Waals surface area contributed by atoms with Crippen LogP contribution in [-0.4, -0.2) is 48.8 Å². The van der Waals surface area contributed by atoms with Gasteiger partial charge in [-0.05, 0) is 12.8 Å². The first-order valence-corrected chi connectivity index (χ1v) is 7.99. The quantitative estimate of drug-likeness (QED) is 0.693. The fraction of sp³-hybridized carbons (Fsp3) is 0.800. The molecule has 2 saturated heterocycles. The maximum atomic E-state index is 12.2. The lowest BCUT2D eigenvalue weighted by atomic mass is 9.81. The first-order chi connectivity index (χ1) is 10.2. The van der Waals surface area contributed by atoms with Gasteiger partial charge < -0.3 is 10.6 Å². The van der Waals surface area contributed by atoms with E-state index >= 15 is 0 Å². The number of rotatable bonds is 5. The van der Waals surface area contributed by atoms with Crippen LogP contribution in [0.4, 0.5) is 0 Å². The highest BCUT2D eigenvalue weighted by atomic mass is 16.2. The highest BCUT2D eigenvalue weighted by Gasteiger charge is 2.47. The molecule has 1 saturated carbocycles. The molecule has 3 aliphatic rings. The molecule has 1 aliphatic carbocycles. The van der Waals surface area contributed by atoms with Crippen molar-refractivity contribution in [3.05, 3.63) is 0 Å². The van der Waals surface area contributed by atoms with Crippen molar-refractivity contribution in [2.75, 3.05) is 26.2 Å². The van der Waals surface area contributed by atoms with Gasteiger partial charge in [0.15, 0.2) is 0 Å². The predicted octanol–water partition coefficient (Wildman–Crippen LogP) is -0.113. The predicted molar refractivity (Wildman–Crippen MR) is 76.2 cm³/mol. The van der Waals surface area contributed by atoms with E-state index in [1.165, 1.54) is 4.90 Å². The van der Waals surface area contributed by atoms with Crippen molar-refractivity contribution in [2.45, 2.75) is 32.1 Å². The van der Waals surface area contributed by atoms with Gasteiger partial charge in [-0.25, -0.2) is 0 Å². The molecule has 3 amide bonds. The number of amides is 3. The number of nitrogens with zero attached hydrogens (tertiary/aromatic N) is 1. The van der Waals surface area contributed by atoms with E-state index in [0.29, 0.717) is 12.5 Å². The summed E-state index contributed by atoms with van der Waals surface area (Å²) < 4.78 is 0. The van der Waals surface area contributed by atoms with Gasteiger partial charge >= 0.3 is 0 Å². The fourth-order valence-electron chi connectivity index (χ4n) is 3.50. The molecule has 6 heteroatoms. The van der Waals surface area contributed by atoms with Gasteiger partial charge in [-0.15, -0.1) is 0 Å². The molecule has 0 aromatic rings. The normalized spacial score (nSPS) is 29.2. The summed E-state index contributed by atoms with van der Waals surface area (Å²) in [7, 11) is 0. The van der Waals surface area contributed by atoms with E-state index in [1.54, 1.807) is 0 Å². The molecular formula is C15H23N3O3. The lowest BCUT2D eigenvalue weighted by Gasteiger charge is -2.27. The van der Waals surface area contributed by atoms with Crippen molar-refractivity contribution >= 4 is 17.7 Å². The Morgan fingerprint density at radius 1 is 1.14 bits per heavy atom. The summed E-state index contributed by atoms with van der Waals surface area (Å²) in [5, 5.41) is 6.03. The molecule has 3 rings (SSSR count). The zero-order valence-corrected chi connectivity index (χ0v) is 12.3. The van der Waals surface area contributed by atoms with E-state index in [0.717, 1.165) is 38.8 Å². The van der Waals surface area contributed by atoms with E-state index in [-0.39, 0.29) is 42.5 Å². The van der Waals surface area contributed by atoms with Crippen molar-refractivity contribution < 1.29 is 14.4 Å². The Morgan fingerprint density at radius 3 is 2.29 bits per heavy atom. The van der Waals surface area contributed by atoms with Crippen LogP contribution in [0, 0.1) is 17.8 Å². The van der Waals surface area contributed by atoms with Crippen molar-refractivity contribution in [3.8, 4) is 0 Å². The van der Waals surface area contributed by atoms with Crippen LogP contribution >= 0.6 is 0 Å². The second-order valence-corrected chi connectivity index (χ2v) is 6.40. The van der Waals surface area contributed by atoms with Crippen molar-refractivity contribution in [3.63, 3.8) is 0 Å². The number of carbonyl (C=O) groups excluding carboxylic acids is 3. The number of hydrogen-bond acceptors (Lipinski definition) is 4. The lowest BCUT2D eigenvalue weighted by molar-refractivity contribution is -0.140. The van der Waals surface area contributed by atoms with E-state index < -0.39 is 0 Å². The molecule has 0 aromatic carbocycles. The van der Waals surface area contributed by atoms with E-state index in [4.69, 9.17) is 0 Å². The summed E-state index contributed by atoms with van der Waals surface area (Å²) in [5.41, 5.74) is 0. The third kappa shape index (κ3) is 2.95. The highest BCUT2D eigenvalue weighted by molar-refractivity contribution is 6.05. The van der Waals surface area contributed by atoms with Crippen molar-refractivity contribution in [1.82, 2.24) is 15.5 Å². The summed E-state index contributed by atoms with van der Waals surface area (Å²) >= 11 is 0. The molecule has 2 unspecified atom stereocenters. The van der Waals surface area contributed by atoms with Gasteiger partial charge in [0.1, 0.15) is 0 Å². The second-order valence-electron chi connectivity index (χ2n) is 6.40. The Bertz CT molecular complexity index is 423. The molecule has 0 aromatic heterocycles. The first kappa shape index (κ1) is 14.5. The molecule has 0 spiro atoms. The molecular weight excluding hydrogens is 270 g/mol. The Hall–Kier alpha value is -1.43. The molecule has 6 nitrogen and oxygen atoms in total. The molecule has 2 heterocycles. The number of nitrogens with one attached hydrogen (secondary N) is 2. The summed E-state index contributed by atoms with van der Waals surface area (Å²) in [4.78, 5) is 37.6. The molecule has 0 radical (unpaired) electrons. The Kier molecular flexibility index (Phi) is 4.24. The number of fused-ring (bicyclic) bond motifs is 1. The van der Waals surface area contributed by atoms with Crippen LogP contribution in [0.2, 0.25) is 0 Å². The standard InChI is InChI=1S/C15H23N3O3/c19-13(17-9-10-7-16-8-10)5-6-18-14(20)11-3-1-2-4-12(11)15(18)21/h10-12,16H,1-9H2,(H,17,19). The summed E-state index contributed by atoms with van der Waals surface area (Å²) in [6, 6.07) is 0. The third-order valence-corrected chi connectivity index (χ3v) is 4.95. The molecule has 116 valence electrons. The second kappa shape index (κ2) is 6.13.